The Morgan fingerprint density at radius 1 is 1.47 bits per heavy atom. The maximum Gasteiger partial charge on any atom is 0.253 e. The number of nitrogens with one attached hydrogen (secondary N) is 2. The molecule has 0 aromatic carbocycles. The van der Waals surface area contributed by atoms with Crippen LogP contribution in [0.3, 0.4) is 0 Å². The lowest BCUT2D eigenvalue weighted by Crippen LogP contribution is -2.28. The smallest absolute Gasteiger partial charge is 0.253 e. The van der Waals surface area contributed by atoms with Crippen LogP contribution in [0.5, 0.6) is 0 Å². The fourth-order valence-corrected chi connectivity index (χ4v) is 2.46. The monoisotopic (exact) mass is 260 g/mol. The van der Waals surface area contributed by atoms with E-state index in [4.69, 9.17) is 0 Å². The van der Waals surface area contributed by atoms with Crippen LogP contribution in [0, 0.1) is 19.8 Å². The number of aromatic nitrogens is 1. The topological polar surface area (TPSA) is 62.0 Å². The van der Waals surface area contributed by atoms with E-state index in [2.05, 4.69) is 22.5 Å². The van der Waals surface area contributed by atoms with Gasteiger partial charge in [-0.1, -0.05) is 12.2 Å². The second kappa shape index (κ2) is 5.87. The van der Waals surface area contributed by atoms with E-state index < -0.39 is 0 Å². The Morgan fingerprint density at radius 3 is 2.89 bits per heavy atom. The summed E-state index contributed by atoms with van der Waals surface area (Å²) in [6.07, 6.45) is 6.85. The third-order valence-corrected chi connectivity index (χ3v) is 3.52. The molecule has 1 aromatic heterocycles. The van der Waals surface area contributed by atoms with Crippen LogP contribution in [0.4, 0.5) is 0 Å². The Labute approximate surface area is 112 Å². The molecule has 1 amide bonds. The maximum absolute atomic E-state index is 11.8. The summed E-state index contributed by atoms with van der Waals surface area (Å²) in [6, 6.07) is 1.92. The van der Waals surface area contributed by atoms with Gasteiger partial charge in [-0.15, -0.1) is 0 Å². The molecule has 0 fully saturated rings. The van der Waals surface area contributed by atoms with E-state index in [1.165, 1.54) is 0 Å². The summed E-state index contributed by atoms with van der Waals surface area (Å²) in [5.74, 6) is 0.369. The van der Waals surface area contributed by atoms with Gasteiger partial charge in [0.25, 0.3) is 5.56 Å². The molecule has 1 heterocycles. The zero-order chi connectivity index (χ0) is 13.8. The highest BCUT2D eigenvalue weighted by Gasteiger charge is 2.14. The number of hydrogen-bond donors (Lipinski definition) is 2. The molecule has 4 nitrogen and oxygen atoms in total. The summed E-state index contributed by atoms with van der Waals surface area (Å²) < 4.78 is 0. The minimum Gasteiger partial charge on any atom is -0.352 e. The van der Waals surface area contributed by atoms with E-state index in [0.717, 1.165) is 24.1 Å². The lowest BCUT2D eigenvalue weighted by atomic mass is 10.0. The van der Waals surface area contributed by atoms with Gasteiger partial charge in [-0.05, 0) is 44.2 Å². The fraction of sp³-hybridized carbons (Fsp3) is 0.467. The number of aryl methyl sites for hydroxylation is 2. The Bertz CT molecular complexity index is 558. The Hall–Kier alpha value is -1.84. The molecule has 1 aromatic rings. The molecule has 1 aliphatic carbocycles. The van der Waals surface area contributed by atoms with Crippen LogP contribution in [0.15, 0.2) is 23.0 Å². The lowest BCUT2D eigenvalue weighted by Gasteiger charge is -2.10. The van der Waals surface area contributed by atoms with E-state index in [0.29, 0.717) is 24.4 Å². The highest BCUT2D eigenvalue weighted by molar-refractivity contribution is 5.76. The molecule has 0 radical (unpaired) electrons. The second-order valence-corrected chi connectivity index (χ2v) is 5.19. The molecule has 1 unspecified atom stereocenters. The number of allylic oxidation sites excluding steroid dienone is 2. The standard InChI is InChI=1S/C15H20N2O2/c1-10-7-11(2)17-15(19)13(10)9-16-14(18)8-12-5-3-4-6-12/h3,5,7,12H,4,6,8-9H2,1-2H3,(H,16,18)(H,17,19). The zero-order valence-corrected chi connectivity index (χ0v) is 11.5. The van der Waals surface area contributed by atoms with Crippen molar-refractivity contribution in [1.29, 1.82) is 0 Å². The molecular weight excluding hydrogens is 240 g/mol. The summed E-state index contributed by atoms with van der Waals surface area (Å²) in [6.45, 7) is 4.04. The fourth-order valence-electron chi connectivity index (χ4n) is 2.46. The molecule has 4 heteroatoms. The summed E-state index contributed by atoms with van der Waals surface area (Å²) in [5.41, 5.74) is 2.29. The van der Waals surface area contributed by atoms with Gasteiger partial charge in [-0.2, -0.15) is 0 Å². The molecule has 102 valence electrons. The number of carbonyl (C=O) groups is 1. The van der Waals surface area contributed by atoms with Gasteiger partial charge in [-0.25, -0.2) is 0 Å². The minimum absolute atomic E-state index is 0.0101. The third kappa shape index (κ3) is 3.56. The predicted octanol–water partition coefficient (Wildman–Crippen LogP) is 1.96. The SMILES string of the molecule is Cc1cc(C)c(CNC(=O)CC2C=CCC2)c(=O)[nH]1. The van der Waals surface area contributed by atoms with E-state index >= 15 is 0 Å². The third-order valence-electron chi connectivity index (χ3n) is 3.52. The van der Waals surface area contributed by atoms with Gasteiger partial charge in [0.15, 0.2) is 0 Å². The summed E-state index contributed by atoms with van der Waals surface area (Å²) in [7, 11) is 0. The maximum atomic E-state index is 11.8. The van der Waals surface area contributed by atoms with Crippen molar-refractivity contribution >= 4 is 5.91 Å². The van der Waals surface area contributed by atoms with Crippen LogP contribution >= 0.6 is 0 Å². The van der Waals surface area contributed by atoms with Crippen LogP contribution in [-0.2, 0) is 11.3 Å². The van der Waals surface area contributed by atoms with Crippen molar-refractivity contribution in [3.05, 3.63) is 45.4 Å². The summed E-state index contributed by atoms with van der Waals surface area (Å²) in [4.78, 5) is 26.4. The van der Waals surface area contributed by atoms with Crippen LogP contribution in [0.25, 0.3) is 0 Å². The van der Waals surface area contributed by atoms with Crippen LogP contribution < -0.4 is 10.9 Å². The number of pyridine rings is 1. The van der Waals surface area contributed by atoms with Crippen molar-refractivity contribution in [2.24, 2.45) is 5.92 Å². The normalized spacial score (nSPS) is 17.7. The minimum atomic E-state index is -0.112. The molecule has 19 heavy (non-hydrogen) atoms. The Morgan fingerprint density at radius 2 is 2.26 bits per heavy atom. The van der Waals surface area contributed by atoms with Crippen LogP contribution in [-0.4, -0.2) is 10.9 Å². The van der Waals surface area contributed by atoms with Gasteiger partial charge >= 0.3 is 0 Å². The van der Waals surface area contributed by atoms with E-state index in [1.807, 2.05) is 19.9 Å². The van der Waals surface area contributed by atoms with Gasteiger partial charge in [0.1, 0.15) is 0 Å². The van der Waals surface area contributed by atoms with Crippen molar-refractivity contribution in [1.82, 2.24) is 10.3 Å². The first-order valence-electron chi connectivity index (χ1n) is 6.69. The molecular formula is C15H20N2O2. The van der Waals surface area contributed by atoms with E-state index in [-0.39, 0.29) is 11.5 Å². The number of H-pyrrole nitrogens is 1. The molecule has 0 spiro atoms. The van der Waals surface area contributed by atoms with Gasteiger partial charge in [0.05, 0.1) is 0 Å². The van der Waals surface area contributed by atoms with Crippen molar-refractivity contribution in [3.8, 4) is 0 Å². The number of rotatable bonds is 4. The summed E-state index contributed by atoms with van der Waals surface area (Å²) >= 11 is 0. The van der Waals surface area contributed by atoms with Crippen LogP contribution in [0.2, 0.25) is 0 Å². The highest BCUT2D eigenvalue weighted by atomic mass is 16.1. The van der Waals surface area contributed by atoms with Gasteiger partial charge < -0.3 is 10.3 Å². The molecule has 1 aliphatic rings. The summed E-state index contributed by atoms with van der Waals surface area (Å²) in [5, 5.41) is 2.83. The largest absolute Gasteiger partial charge is 0.352 e. The van der Waals surface area contributed by atoms with E-state index in [1.54, 1.807) is 0 Å². The number of aromatic amines is 1. The molecule has 0 aliphatic heterocycles. The van der Waals surface area contributed by atoms with Crippen molar-refractivity contribution in [2.45, 2.75) is 39.7 Å². The first kappa shape index (κ1) is 13.6. The second-order valence-electron chi connectivity index (χ2n) is 5.19. The van der Waals surface area contributed by atoms with Gasteiger partial charge in [0, 0.05) is 24.2 Å². The average Bonchev–Trinajstić information content (AvgIpc) is 2.80. The van der Waals surface area contributed by atoms with Gasteiger partial charge in [-0.3, -0.25) is 9.59 Å². The number of amides is 1. The number of hydrogen-bond acceptors (Lipinski definition) is 2. The molecule has 2 rings (SSSR count). The molecule has 0 saturated carbocycles. The predicted molar refractivity (Wildman–Crippen MR) is 74.9 cm³/mol. The first-order chi connectivity index (χ1) is 9.06. The lowest BCUT2D eigenvalue weighted by molar-refractivity contribution is -0.121. The molecule has 1 atom stereocenters. The Kier molecular flexibility index (Phi) is 4.20. The molecule has 0 saturated heterocycles. The van der Waals surface area contributed by atoms with Gasteiger partial charge in [0.2, 0.25) is 5.91 Å². The molecule has 2 N–H and O–H groups in total. The number of carbonyl (C=O) groups excluding carboxylic acids is 1. The van der Waals surface area contributed by atoms with E-state index in [9.17, 15) is 9.59 Å². The quantitative estimate of drug-likeness (QED) is 0.813. The van der Waals surface area contributed by atoms with Crippen molar-refractivity contribution in [3.63, 3.8) is 0 Å². The van der Waals surface area contributed by atoms with Crippen molar-refractivity contribution in [2.75, 3.05) is 0 Å². The van der Waals surface area contributed by atoms with Crippen molar-refractivity contribution < 1.29 is 4.79 Å². The highest BCUT2D eigenvalue weighted by Crippen LogP contribution is 2.20. The van der Waals surface area contributed by atoms with Crippen LogP contribution in [0.1, 0.15) is 36.1 Å². The Balaban J connectivity index is 1.93. The average molecular weight is 260 g/mol. The zero-order valence-electron chi connectivity index (χ0n) is 11.5. The molecule has 0 bridgehead atoms. The first-order valence-corrected chi connectivity index (χ1v) is 6.69.